The molecule has 20 heavy (non-hydrogen) atoms. The number of hydrogen-bond donors (Lipinski definition) is 1. The molecule has 0 atom stereocenters. The van der Waals surface area contributed by atoms with Gasteiger partial charge in [-0.15, -0.1) is 0 Å². The summed E-state index contributed by atoms with van der Waals surface area (Å²) in [6.45, 7) is 1.80. The maximum Gasteiger partial charge on any atom is 0.304 e. The fraction of sp³-hybridized carbons (Fsp3) is 0.312. The number of fused-ring (bicyclic) bond motifs is 1. The van der Waals surface area contributed by atoms with E-state index in [4.69, 9.17) is 9.84 Å². The molecule has 0 amide bonds. The van der Waals surface area contributed by atoms with Crippen molar-refractivity contribution < 1.29 is 14.6 Å². The van der Waals surface area contributed by atoms with Gasteiger partial charge in [0.05, 0.1) is 6.42 Å². The number of carbonyl (C=O) groups is 1. The molecule has 1 N–H and O–H groups in total. The molecule has 4 heteroatoms. The van der Waals surface area contributed by atoms with E-state index < -0.39 is 5.97 Å². The van der Waals surface area contributed by atoms with E-state index in [0.29, 0.717) is 19.7 Å². The van der Waals surface area contributed by atoms with Crippen LogP contribution in [-0.2, 0) is 4.79 Å². The van der Waals surface area contributed by atoms with E-state index in [1.807, 2.05) is 42.3 Å². The Morgan fingerprint density at radius 3 is 2.65 bits per heavy atom. The number of likely N-dealkylation sites (N-methyl/N-ethyl adjacent to an activating group) is 1. The van der Waals surface area contributed by atoms with Crippen LogP contribution in [0.2, 0.25) is 0 Å². The molecule has 2 aromatic carbocycles. The summed E-state index contributed by atoms with van der Waals surface area (Å²) in [4.78, 5) is 12.4. The molecule has 4 nitrogen and oxygen atoms in total. The van der Waals surface area contributed by atoms with Gasteiger partial charge in [-0.05, 0) is 30.0 Å². The first-order valence-electron chi connectivity index (χ1n) is 6.67. The smallest absolute Gasteiger partial charge is 0.304 e. The Hall–Kier alpha value is -2.07. The molecule has 0 aliphatic carbocycles. The lowest BCUT2D eigenvalue weighted by molar-refractivity contribution is -0.137. The van der Waals surface area contributed by atoms with Gasteiger partial charge in [0.1, 0.15) is 12.4 Å². The maximum atomic E-state index is 10.5. The third-order valence-electron chi connectivity index (χ3n) is 3.17. The van der Waals surface area contributed by atoms with E-state index >= 15 is 0 Å². The Kier molecular flexibility index (Phi) is 4.96. The van der Waals surface area contributed by atoms with Crippen molar-refractivity contribution in [2.75, 3.05) is 26.7 Å². The van der Waals surface area contributed by atoms with Gasteiger partial charge in [0, 0.05) is 13.1 Å². The van der Waals surface area contributed by atoms with Gasteiger partial charge in [0.25, 0.3) is 0 Å². The van der Waals surface area contributed by atoms with Crippen molar-refractivity contribution in [1.82, 2.24) is 4.90 Å². The predicted octanol–water partition coefficient (Wildman–Crippen LogP) is 2.63. The van der Waals surface area contributed by atoms with Crippen LogP contribution < -0.4 is 4.74 Å². The van der Waals surface area contributed by atoms with Crippen LogP contribution in [-0.4, -0.2) is 42.7 Å². The fourth-order valence-electron chi connectivity index (χ4n) is 1.97. The van der Waals surface area contributed by atoms with Crippen molar-refractivity contribution in [2.45, 2.75) is 6.42 Å². The Morgan fingerprint density at radius 2 is 1.90 bits per heavy atom. The zero-order valence-corrected chi connectivity index (χ0v) is 11.6. The normalized spacial score (nSPS) is 10.9. The highest BCUT2D eigenvalue weighted by Gasteiger charge is 2.03. The summed E-state index contributed by atoms with van der Waals surface area (Å²) >= 11 is 0. The van der Waals surface area contributed by atoms with Crippen molar-refractivity contribution in [3.63, 3.8) is 0 Å². The largest absolute Gasteiger partial charge is 0.492 e. The summed E-state index contributed by atoms with van der Waals surface area (Å²) < 4.78 is 5.70. The van der Waals surface area contributed by atoms with Crippen LogP contribution in [0.5, 0.6) is 5.75 Å². The number of hydrogen-bond acceptors (Lipinski definition) is 3. The minimum atomic E-state index is -0.771. The first-order valence-corrected chi connectivity index (χ1v) is 6.67. The minimum Gasteiger partial charge on any atom is -0.492 e. The Labute approximate surface area is 118 Å². The molecule has 106 valence electrons. The van der Waals surface area contributed by atoms with Gasteiger partial charge in [-0.25, -0.2) is 0 Å². The molecule has 0 aliphatic rings. The van der Waals surface area contributed by atoms with Crippen molar-refractivity contribution in [3.05, 3.63) is 42.5 Å². The molecule has 0 spiro atoms. The van der Waals surface area contributed by atoms with E-state index in [2.05, 4.69) is 12.1 Å². The number of ether oxygens (including phenoxy) is 1. The number of aliphatic carboxylic acids is 1. The van der Waals surface area contributed by atoms with Crippen molar-refractivity contribution in [3.8, 4) is 5.75 Å². The van der Waals surface area contributed by atoms with Crippen LogP contribution in [0.25, 0.3) is 10.8 Å². The van der Waals surface area contributed by atoms with Gasteiger partial charge in [-0.2, -0.15) is 0 Å². The van der Waals surface area contributed by atoms with E-state index in [0.717, 1.165) is 11.1 Å². The van der Waals surface area contributed by atoms with Gasteiger partial charge >= 0.3 is 5.97 Å². The lowest BCUT2D eigenvalue weighted by atomic mass is 10.1. The minimum absolute atomic E-state index is 0.159. The van der Waals surface area contributed by atoms with E-state index in [9.17, 15) is 4.79 Å². The van der Waals surface area contributed by atoms with E-state index in [-0.39, 0.29) is 6.42 Å². The molecule has 0 unspecified atom stereocenters. The Balaban J connectivity index is 1.82. The number of carboxylic acid groups (broad SMARTS) is 1. The van der Waals surface area contributed by atoms with Gasteiger partial charge in [0.2, 0.25) is 0 Å². The van der Waals surface area contributed by atoms with Gasteiger partial charge in [-0.3, -0.25) is 4.79 Å². The lowest BCUT2D eigenvalue weighted by Gasteiger charge is -2.15. The molecule has 0 bridgehead atoms. The first kappa shape index (κ1) is 14.3. The molecule has 0 heterocycles. The Bertz CT molecular complexity index is 583. The molecule has 2 aromatic rings. The second kappa shape index (κ2) is 6.91. The number of rotatable bonds is 7. The predicted molar refractivity (Wildman–Crippen MR) is 79.2 cm³/mol. The zero-order chi connectivity index (χ0) is 14.4. The summed E-state index contributed by atoms with van der Waals surface area (Å²) in [6.07, 6.45) is 0.159. The van der Waals surface area contributed by atoms with Crippen LogP contribution >= 0.6 is 0 Å². The average molecular weight is 273 g/mol. The number of carboxylic acids is 1. The summed E-state index contributed by atoms with van der Waals surface area (Å²) in [7, 11) is 1.90. The van der Waals surface area contributed by atoms with Crippen molar-refractivity contribution in [2.24, 2.45) is 0 Å². The highest BCUT2D eigenvalue weighted by atomic mass is 16.5. The monoisotopic (exact) mass is 273 g/mol. The highest BCUT2D eigenvalue weighted by Crippen LogP contribution is 2.20. The molecule has 0 saturated heterocycles. The second-order valence-corrected chi connectivity index (χ2v) is 4.80. The molecule has 0 saturated carbocycles. The number of nitrogens with zero attached hydrogens (tertiary/aromatic N) is 1. The zero-order valence-electron chi connectivity index (χ0n) is 11.6. The molecule has 0 aromatic heterocycles. The van der Waals surface area contributed by atoms with Crippen LogP contribution in [0.15, 0.2) is 42.5 Å². The lowest BCUT2D eigenvalue weighted by Crippen LogP contribution is -2.26. The van der Waals surface area contributed by atoms with Gasteiger partial charge in [0.15, 0.2) is 0 Å². The van der Waals surface area contributed by atoms with E-state index in [1.54, 1.807) is 0 Å². The topological polar surface area (TPSA) is 49.8 Å². The molecule has 0 radical (unpaired) electrons. The molecule has 0 fully saturated rings. The standard InChI is InChI=1S/C16H19NO3/c1-17(9-8-16(18)19)10-11-20-15-7-6-13-4-2-3-5-14(13)12-15/h2-7,12H,8-11H2,1H3,(H,18,19). The summed E-state index contributed by atoms with van der Waals surface area (Å²) in [5, 5.41) is 11.0. The van der Waals surface area contributed by atoms with Crippen molar-refractivity contribution >= 4 is 16.7 Å². The Morgan fingerprint density at radius 1 is 1.15 bits per heavy atom. The van der Waals surface area contributed by atoms with Crippen LogP contribution in [0.3, 0.4) is 0 Å². The van der Waals surface area contributed by atoms with Crippen LogP contribution in [0, 0.1) is 0 Å². The average Bonchev–Trinajstić information content (AvgIpc) is 2.45. The SMILES string of the molecule is CN(CCOc1ccc2ccccc2c1)CCC(=O)O. The van der Waals surface area contributed by atoms with Crippen molar-refractivity contribution in [1.29, 1.82) is 0 Å². The van der Waals surface area contributed by atoms with Crippen LogP contribution in [0.4, 0.5) is 0 Å². The molecular weight excluding hydrogens is 254 g/mol. The summed E-state index contributed by atoms with van der Waals surface area (Å²) in [5.74, 6) is 0.0719. The maximum absolute atomic E-state index is 10.5. The summed E-state index contributed by atoms with van der Waals surface area (Å²) in [6, 6.07) is 14.2. The molecule has 0 aliphatic heterocycles. The third-order valence-corrected chi connectivity index (χ3v) is 3.17. The number of benzene rings is 2. The summed E-state index contributed by atoms with van der Waals surface area (Å²) in [5.41, 5.74) is 0. The quantitative estimate of drug-likeness (QED) is 0.842. The third kappa shape index (κ3) is 4.24. The second-order valence-electron chi connectivity index (χ2n) is 4.80. The fourth-order valence-corrected chi connectivity index (χ4v) is 1.97. The molecular formula is C16H19NO3. The van der Waals surface area contributed by atoms with Gasteiger partial charge in [-0.1, -0.05) is 30.3 Å². The first-order chi connectivity index (χ1) is 9.65. The van der Waals surface area contributed by atoms with E-state index in [1.165, 1.54) is 5.39 Å². The molecule has 2 rings (SSSR count). The van der Waals surface area contributed by atoms with Gasteiger partial charge < -0.3 is 14.7 Å². The highest BCUT2D eigenvalue weighted by molar-refractivity contribution is 5.83. The van der Waals surface area contributed by atoms with Crippen LogP contribution in [0.1, 0.15) is 6.42 Å².